The van der Waals surface area contributed by atoms with Gasteiger partial charge in [-0.15, -0.1) is 12.4 Å². The molecule has 2 rings (SSSR count). The molecule has 0 spiro atoms. The third kappa shape index (κ3) is 3.15. The molecule has 0 heterocycles. The standard InChI is InChI=1S/C12H12N2O.ClH/c13-14-10-5-4-8-12(9-10)15-11-6-2-1-3-7-11;/h1-9,14H,13H2;1H. The SMILES string of the molecule is Cl.NNc1cccc(Oc2ccccc2)c1. The molecule has 0 aliphatic heterocycles. The van der Waals surface area contributed by atoms with E-state index in [0.717, 1.165) is 17.2 Å². The number of nitrogen functional groups attached to an aromatic ring is 1. The van der Waals surface area contributed by atoms with Gasteiger partial charge in [-0.05, 0) is 24.3 Å². The topological polar surface area (TPSA) is 47.3 Å². The van der Waals surface area contributed by atoms with Crippen molar-refractivity contribution in [3.8, 4) is 11.5 Å². The van der Waals surface area contributed by atoms with Crippen molar-refractivity contribution in [3.63, 3.8) is 0 Å². The van der Waals surface area contributed by atoms with Crippen LogP contribution in [0.2, 0.25) is 0 Å². The minimum Gasteiger partial charge on any atom is -0.457 e. The summed E-state index contributed by atoms with van der Waals surface area (Å²) in [5.41, 5.74) is 3.40. The number of hydrogen-bond donors (Lipinski definition) is 2. The number of rotatable bonds is 3. The summed E-state index contributed by atoms with van der Waals surface area (Å²) < 4.78 is 5.63. The highest BCUT2D eigenvalue weighted by molar-refractivity contribution is 5.85. The Hall–Kier alpha value is -1.71. The van der Waals surface area contributed by atoms with Crippen molar-refractivity contribution in [2.24, 2.45) is 5.84 Å². The van der Waals surface area contributed by atoms with Crippen LogP contribution in [0.15, 0.2) is 54.6 Å². The first-order valence-corrected chi connectivity index (χ1v) is 4.68. The average molecular weight is 237 g/mol. The summed E-state index contributed by atoms with van der Waals surface area (Å²) in [5, 5.41) is 0. The van der Waals surface area contributed by atoms with Gasteiger partial charge >= 0.3 is 0 Å². The Morgan fingerprint density at radius 3 is 2.25 bits per heavy atom. The van der Waals surface area contributed by atoms with E-state index in [-0.39, 0.29) is 12.4 Å². The Bertz CT molecular complexity index is 434. The molecule has 0 unspecified atom stereocenters. The second-order valence-electron chi connectivity index (χ2n) is 3.09. The van der Waals surface area contributed by atoms with E-state index >= 15 is 0 Å². The lowest BCUT2D eigenvalue weighted by Gasteiger charge is -2.06. The number of benzene rings is 2. The third-order valence-electron chi connectivity index (χ3n) is 1.98. The largest absolute Gasteiger partial charge is 0.457 e. The van der Waals surface area contributed by atoms with Gasteiger partial charge in [-0.25, -0.2) is 0 Å². The smallest absolute Gasteiger partial charge is 0.129 e. The van der Waals surface area contributed by atoms with Gasteiger partial charge in [0.15, 0.2) is 0 Å². The lowest BCUT2D eigenvalue weighted by molar-refractivity contribution is 0.483. The van der Waals surface area contributed by atoms with E-state index in [2.05, 4.69) is 5.43 Å². The number of hydrazine groups is 1. The van der Waals surface area contributed by atoms with Gasteiger partial charge in [0.05, 0.1) is 5.69 Å². The van der Waals surface area contributed by atoms with Gasteiger partial charge in [-0.3, -0.25) is 5.84 Å². The van der Waals surface area contributed by atoms with Crippen molar-refractivity contribution < 1.29 is 4.74 Å². The van der Waals surface area contributed by atoms with E-state index in [9.17, 15) is 0 Å². The maximum atomic E-state index is 5.63. The number of para-hydroxylation sites is 1. The van der Waals surface area contributed by atoms with Crippen LogP contribution in [0.1, 0.15) is 0 Å². The molecular formula is C12H13ClN2O. The van der Waals surface area contributed by atoms with Gasteiger partial charge in [0.2, 0.25) is 0 Å². The maximum absolute atomic E-state index is 5.63. The van der Waals surface area contributed by atoms with Crippen molar-refractivity contribution in [1.29, 1.82) is 0 Å². The van der Waals surface area contributed by atoms with Crippen LogP contribution in [0.3, 0.4) is 0 Å². The molecule has 0 aliphatic carbocycles. The van der Waals surface area contributed by atoms with Crippen molar-refractivity contribution in [2.45, 2.75) is 0 Å². The first-order valence-electron chi connectivity index (χ1n) is 4.68. The number of nitrogens with two attached hydrogens (primary N) is 1. The van der Waals surface area contributed by atoms with Crippen LogP contribution in [0.5, 0.6) is 11.5 Å². The van der Waals surface area contributed by atoms with E-state index in [1.54, 1.807) is 0 Å². The maximum Gasteiger partial charge on any atom is 0.129 e. The molecule has 3 N–H and O–H groups in total. The second-order valence-corrected chi connectivity index (χ2v) is 3.09. The highest BCUT2D eigenvalue weighted by atomic mass is 35.5. The minimum absolute atomic E-state index is 0. The van der Waals surface area contributed by atoms with Gasteiger partial charge < -0.3 is 10.2 Å². The van der Waals surface area contributed by atoms with E-state index < -0.39 is 0 Å². The molecule has 4 heteroatoms. The van der Waals surface area contributed by atoms with Crippen molar-refractivity contribution >= 4 is 18.1 Å². The number of nitrogens with one attached hydrogen (secondary N) is 1. The molecule has 16 heavy (non-hydrogen) atoms. The van der Waals surface area contributed by atoms with E-state index in [1.807, 2.05) is 54.6 Å². The number of hydrogen-bond acceptors (Lipinski definition) is 3. The summed E-state index contributed by atoms with van der Waals surface area (Å²) in [4.78, 5) is 0. The summed E-state index contributed by atoms with van der Waals surface area (Å²) in [6, 6.07) is 17.1. The summed E-state index contributed by atoms with van der Waals surface area (Å²) >= 11 is 0. The van der Waals surface area contributed by atoms with E-state index in [1.165, 1.54) is 0 Å². The Labute approximate surface area is 101 Å². The Morgan fingerprint density at radius 2 is 1.56 bits per heavy atom. The molecule has 0 amide bonds. The van der Waals surface area contributed by atoms with Gasteiger partial charge in [0.1, 0.15) is 11.5 Å². The zero-order valence-corrected chi connectivity index (χ0v) is 9.41. The molecule has 3 nitrogen and oxygen atoms in total. The summed E-state index contributed by atoms with van der Waals surface area (Å²) in [7, 11) is 0. The summed E-state index contributed by atoms with van der Waals surface area (Å²) in [6.07, 6.45) is 0. The van der Waals surface area contributed by atoms with Crippen LogP contribution in [-0.4, -0.2) is 0 Å². The van der Waals surface area contributed by atoms with Crippen molar-refractivity contribution in [2.75, 3.05) is 5.43 Å². The molecule has 0 aromatic heterocycles. The van der Waals surface area contributed by atoms with Crippen molar-refractivity contribution in [1.82, 2.24) is 0 Å². The molecule has 0 bridgehead atoms. The first-order chi connectivity index (χ1) is 7.38. The Kier molecular flexibility index (Phi) is 4.64. The zero-order chi connectivity index (χ0) is 10.5. The van der Waals surface area contributed by atoms with Gasteiger partial charge in [-0.2, -0.15) is 0 Å². The van der Waals surface area contributed by atoms with Crippen LogP contribution >= 0.6 is 12.4 Å². The second kappa shape index (κ2) is 6.00. The molecule has 2 aromatic rings. The normalized spacial score (nSPS) is 9.06. The highest BCUT2D eigenvalue weighted by Gasteiger charge is 1.96. The van der Waals surface area contributed by atoms with Crippen LogP contribution in [0.25, 0.3) is 0 Å². The molecule has 0 saturated carbocycles. The van der Waals surface area contributed by atoms with Crippen LogP contribution < -0.4 is 16.0 Å². The molecule has 0 aliphatic rings. The lowest BCUT2D eigenvalue weighted by atomic mass is 10.3. The molecule has 0 saturated heterocycles. The minimum atomic E-state index is 0. The molecule has 0 atom stereocenters. The molecule has 0 fully saturated rings. The van der Waals surface area contributed by atoms with Gasteiger partial charge in [-0.1, -0.05) is 24.3 Å². The predicted octanol–water partition coefficient (Wildman–Crippen LogP) is 3.19. The first kappa shape index (κ1) is 12.4. The van der Waals surface area contributed by atoms with Crippen LogP contribution in [0.4, 0.5) is 5.69 Å². The summed E-state index contributed by atoms with van der Waals surface area (Å²) in [5.74, 6) is 6.88. The molecule has 84 valence electrons. The zero-order valence-electron chi connectivity index (χ0n) is 8.59. The fourth-order valence-electron chi connectivity index (χ4n) is 1.27. The highest BCUT2D eigenvalue weighted by Crippen LogP contribution is 2.23. The Balaban J connectivity index is 0.00000128. The number of anilines is 1. The number of ether oxygens (including phenoxy) is 1. The molecule has 2 aromatic carbocycles. The van der Waals surface area contributed by atoms with E-state index in [0.29, 0.717) is 0 Å². The van der Waals surface area contributed by atoms with Gasteiger partial charge in [0.25, 0.3) is 0 Å². The average Bonchev–Trinajstić information content (AvgIpc) is 2.31. The van der Waals surface area contributed by atoms with E-state index in [4.69, 9.17) is 10.6 Å². The fourth-order valence-corrected chi connectivity index (χ4v) is 1.27. The monoisotopic (exact) mass is 236 g/mol. The van der Waals surface area contributed by atoms with Crippen molar-refractivity contribution in [3.05, 3.63) is 54.6 Å². The number of halogens is 1. The fraction of sp³-hybridized carbons (Fsp3) is 0. The van der Waals surface area contributed by atoms with Crippen LogP contribution in [0, 0.1) is 0 Å². The summed E-state index contributed by atoms with van der Waals surface area (Å²) in [6.45, 7) is 0. The molecular weight excluding hydrogens is 224 g/mol. The predicted molar refractivity (Wildman–Crippen MR) is 68.0 cm³/mol. The third-order valence-corrected chi connectivity index (χ3v) is 1.98. The van der Waals surface area contributed by atoms with Crippen LogP contribution in [-0.2, 0) is 0 Å². The quantitative estimate of drug-likeness (QED) is 0.636. The Morgan fingerprint density at radius 1 is 0.875 bits per heavy atom. The lowest BCUT2D eigenvalue weighted by Crippen LogP contribution is -2.06. The van der Waals surface area contributed by atoms with Gasteiger partial charge in [0, 0.05) is 6.07 Å². The molecule has 0 radical (unpaired) electrons.